The summed E-state index contributed by atoms with van der Waals surface area (Å²) in [4.78, 5) is 0. The van der Waals surface area contributed by atoms with Gasteiger partial charge in [-0.25, -0.2) is 4.39 Å². The number of phenolic OH excluding ortho intramolecular Hbond substituents is 1. The number of phenols is 1. The van der Waals surface area contributed by atoms with E-state index in [4.69, 9.17) is 11.6 Å². The highest BCUT2D eigenvalue weighted by Gasteiger charge is 2.06. The number of benzene rings is 1. The first-order valence-electron chi connectivity index (χ1n) is 3.43. The molecule has 0 fully saturated rings. The molecule has 0 aliphatic heterocycles. The largest absolute Gasteiger partial charge is 0.506 e. The number of allylic oxidation sites excluding steroid dienone is 1. The monoisotopic (exact) mass is 186 g/mol. The van der Waals surface area contributed by atoms with Crippen LogP contribution in [0, 0.1) is 5.82 Å². The van der Waals surface area contributed by atoms with E-state index in [1.165, 1.54) is 6.07 Å². The Morgan fingerprint density at radius 1 is 1.58 bits per heavy atom. The molecule has 1 N–H and O–H groups in total. The van der Waals surface area contributed by atoms with Gasteiger partial charge < -0.3 is 5.11 Å². The summed E-state index contributed by atoms with van der Waals surface area (Å²) >= 11 is 5.53. The van der Waals surface area contributed by atoms with Crippen molar-refractivity contribution in [1.82, 2.24) is 0 Å². The van der Waals surface area contributed by atoms with Gasteiger partial charge in [0.1, 0.15) is 11.6 Å². The summed E-state index contributed by atoms with van der Waals surface area (Å²) < 4.78 is 12.7. The lowest BCUT2D eigenvalue weighted by Gasteiger charge is -2.03. The Kier molecular flexibility index (Phi) is 2.71. The summed E-state index contributed by atoms with van der Waals surface area (Å²) in [5, 5.41) is 9.34. The molecule has 0 aliphatic rings. The van der Waals surface area contributed by atoms with Crippen LogP contribution >= 0.6 is 11.6 Å². The van der Waals surface area contributed by atoms with Gasteiger partial charge in [0, 0.05) is 5.56 Å². The summed E-state index contributed by atoms with van der Waals surface area (Å²) in [7, 11) is 0. The van der Waals surface area contributed by atoms with Gasteiger partial charge in [-0.1, -0.05) is 17.7 Å². The van der Waals surface area contributed by atoms with Gasteiger partial charge in [0.05, 0.1) is 5.02 Å². The van der Waals surface area contributed by atoms with Crippen molar-refractivity contribution in [2.75, 3.05) is 0 Å². The first-order valence-corrected chi connectivity index (χ1v) is 3.80. The summed E-state index contributed by atoms with van der Waals surface area (Å²) in [6.07, 6.45) is 1.98. The van der Waals surface area contributed by atoms with Crippen molar-refractivity contribution in [3.8, 4) is 5.75 Å². The van der Waals surface area contributed by atoms with Gasteiger partial charge in [0.2, 0.25) is 0 Å². The van der Waals surface area contributed by atoms with E-state index >= 15 is 0 Å². The minimum atomic E-state index is -0.449. The smallest absolute Gasteiger partial charge is 0.137 e. The third-order valence-electron chi connectivity index (χ3n) is 1.47. The molecule has 0 saturated heterocycles. The molecule has 1 aromatic carbocycles. The first kappa shape index (κ1) is 9.07. The minimum Gasteiger partial charge on any atom is -0.506 e. The van der Waals surface area contributed by atoms with Crippen molar-refractivity contribution in [1.29, 1.82) is 0 Å². The summed E-state index contributed by atoms with van der Waals surface area (Å²) in [6, 6.07) is 2.31. The fraction of sp³-hybridized carbons (Fsp3) is 0.111. The van der Waals surface area contributed by atoms with Crippen LogP contribution in [0.3, 0.4) is 0 Å². The highest BCUT2D eigenvalue weighted by Crippen LogP contribution is 2.28. The predicted octanol–water partition coefficient (Wildman–Crippen LogP) is 2.91. The van der Waals surface area contributed by atoms with Crippen LogP contribution in [0.15, 0.2) is 24.8 Å². The Balaban J connectivity index is 3.17. The third kappa shape index (κ3) is 1.77. The molecule has 0 aromatic heterocycles. The molecule has 12 heavy (non-hydrogen) atoms. The second-order valence-corrected chi connectivity index (χ2v) is 2.80. The Morgan fingerprint density at radius 3 is 2.83 bits per heavy atom. The van der Waals surface area contributed by atoms with Crippen LogP contribution in [0.4, 0.5) is 4.39 Å². The van der Waals surface area contributed by atoms with Crippen LogP contribution in [0.5, 0.6) is 5.75 Å². The Bertz CT molecular complexity index is 310. The molecule has 0 saturated carbocycles. The fourth-order valence-corrected chi connectivity index (χ4v) is 1.16. The van der Waals surface area contributed by atoms with Crippen molar-refractivity contribution in [3.63, 3.8) is 0 Å². The molecule has 0 radical (unpaired) electrons. The van der Waals surface area contributed by atoms with Gasteiger partial charge in [-0.15, -0.1) is 6.58 Å². The highest BCUT2D eigenvalue weighted by molar-refractivity contribution is 6.32. The number of rotatable bonds is 2. The molecule has 0 amide bonds. The topological polar surface area (TPSA) is 20.2 Å². The van der Waals surface area contributed by atoms with Crippen LogP contribution in [0.1, 0.15) is 5.56 Å². The second-order valence-electron chi connectivity index (χ2n) is 2.39. The molecule has 1 nitrogen and oxygen atoms in total. The molecule has 64 valence electrons. The lowest BCUT2D eigenvalue weighted by atomic mass is 10.1. The average molecular weight is 187 g/mol. The molecule has 1 rings (SSSR count). The van der Waals surface area contributed by atoms with Gasteiger partial charge in [0.15, 0.2) is 0 Å². The van der Waals surface area contributed by atoms with Gasteiger partial charge in [-0.3, -0.25) is 0 Å². The SMILES string of the molecule is C=CCc1cc(F)cc(Cl)c1O. The standard InChI is InChI=1S/C9H8ClFO/c1-2-3-6-4-7(11)5-8(10)9(6)12/h2,4-5,12H,1,3H2. The van der Waals surface area contributed by atoms with Crippen molar-refractivity contribution in [2.24, 2.45) is 0 Å². The zero-order valence-corrected chi connectivity index (χ0v) is 7.11. The van der Waals surface area contributed by atoms with E-state index in [-0.39, 0.29) is 10.8 Å². The first-order chi connectivity index (χ1) is 5.65. The zero-order valence-electron chi connectivity index (χ0n) is 6.35. The number of halogens is 2. The lowest BCUT2D eigenvalue weighted by molar-refractivity contribution is 0.467. The molecule has 3 heteroatoms. The second kappa shape index (κ2) is 3.59. The molecule has 0 atom stereocenters. The maximum absolute atomic E-state index is 12.7. The van der Waals surface area contributed by atoms with Crippen LogP contribution in [0.25, 0.3) is 0 Å². The Hall–Kier alpha value is -1.02. The van der Waals surface area contributed by atoms with E-state index < -0.39 is 5.82 Å². The fourth-order valence-electron chi connectivity index (χ4n) is 0.930. The quantitative estimate of drug-likeness (QED) is 0.705. The number of hydrogen-bond donors (Lipinski definition) is 1. The highest BCUT2D eigenvalue weighted by atomic mass is 35.5. The van der Waals surface area contributed by atoms with E-state index in [2.05, 4.69) is 6.58 Å². The average Bonchev–Trinajstić information content (AvgIpc) is 2.00. The molecule has 0 unspecified atom stereocenters. The van der Waals surface area contributed by atoms with E-state index in [1.807, 2.05) is 0 Å². The minimum absolute atomic E-state index is 0.0341. The van der Waals surface area contributed by atoms with Crippen LogP contribution < -0.4 is 0 Å². The Morgan fingerprint density at radius 2 is 2.25 bits per heavy atom. The number of hydrogen-bond acceptors (Lipinski definition) is 1. The van der Waals surface area contributed by atoms with Crippen LogP contribution in [0.2, 0.25) is 5.02 Å². The molecular weight excluding hydrogens is 179 g/mol. The lowest BCUT2D eigenvalue weighted by Crippen LogP contribution is -1.85. The van der Waals surface area contributed by atoms with E-state index in [1.54, 1.807) is 6.08 Å². The normalized spacial score (nSPS) is 9.83. The van der Waals surface area contributed by atoms with E-state index in [9.17, 15) is 9.50 Å². The molecule has 0 heterocycles. The summed E-state index contributed by atoms with van der Waals surface area (Å²) in [6.45, 7) is 3.48. The van der Waals surface area contributed by atoms with Crippen molar-refractivity contribution in [2.45, 2.75) is 6.42 Å². The van der Waals surface area contributed by atoms with E-state index in [0.717, 1.165) is 6.07 Å². The van der Waals surface area contributed by atoms with Crippen molar-refractivity contribution < 1.29 is 9.50 Å². The summed E-state index contributed by atoms with van der Waals surface area (Å²) in [5.74, 6) is -0.521. The third-order valence-corrected chi connectivity index (χ3v) is 1.76. The van der Waals surface area contributed by atoms with E-state index in [0.29, 0.717) is 12.0 Å². The maximum Gasteiger partial charge on any atom is 0.137 e. The van der Waals surface area contributed by atoms with Gasteiger partial charge in [0.25, 0.3) is 0 Å². The summed E-state index contributed by atoms with van der Waals surface area (Å²) in [5.41, 5.74) is 0.454. The van der Waals surface area contributed by atoms with Crippen LogP contribution in [-0.4, -0.2) is 5.11 Å². The van der Waals surface area contributed by atoms with Gasteiger partial charge in [-0.2, -0.15) is 0 Å². The number of aromatic hydroxyl groups is 1. The molecule has 1 aromatic rings. The van der Waals surface area contributed by atoms with Crippen LogP contribution in [-0.2, 0) is 6.42 Å². The zero-order chi connectivity index (χ0) is 9.14. The Labute approximate surface area is 75.1 Å². The predicted molar refractivity (Wildman–Crippen MR) is 47.0 cm³/mol. The van der Waals surface area contributed by atoms with Crippen molar-refractivity contribution in [3.05, 3.63) is 41.2 Å². The molecular formula is C9H8ClFO. The molecule has 0 spiro atoms. The molecule has 0 bridgehead atoms. The van der Waals surface area contributed by atoms with Crippen molar-refractivity contribution >= 4 is 11.6 Å². The van der Waals surface area contributed by atoms with Gasteiger partial charge >= 0.3 is 0 Å². The van der Waals surface area contributed by atoms with Gasteiger partial charge in [-0.05, 0) is 18.6 Å². The maximum atomic E-state index is 12.7. The molecule has 0 aliphatic carbocycles.